The first kappa shape index (κ1) is 16.7. The number of carbonyl (C=O) groups excluding carboxylic acids is 1. The summed E-state index contributed by atoms with van der Waals surface area (Å²) in [5.74, 6) is 0.388. The lowest BCUT2D eigenvalue weighted by molar-refractivity contribution is -0.123. The first-order valence-corrected chi connectivity index (χ1v) is 9.12. The van der Waals surface area contributed by atoms with Crippen LogP contribution in [0.1, 0.15) is 19.3 Å². The average molecular weight is 329 g/mol. The molecule has 7 heteroatoms. The maximum atomic E-state index is 12.9. The van der Waals surface area contributed by atoms with Crippen LogP contribution in [-0.4, -0.2) is 39.0 Å². The topological polar surface area (TPSA) is 72.5 Å². The van der Waals surface area contributed by atoms with Crippen molar-refractivity contribution in [2.45, 2.75) is 19.3 Å². The van der Waals surface area contributed by atoms with E-state index in [9.17, 15) is 17.6 Å². The van der Waals surface area contributed by atoms with Gasteiger partial charge in [-0.15, -0.1) is 0 Å². The minimum absolute atomic E-state index is 0.165. The van der Waals surface area contributed by atoms with Gasteiger partial charge in [0.25, 0.3) is 5.91 Å². The number of rotatable bonds is 7. The number of amides is 1. The zero-order chi connectivity index (χ0) is 16.0. The first-order chi connectivity index (χ1) is 10.4. The number of sulfone groups is 1. The van der Waals surface area contributed by atoms with Gasteiger partial charge in [0, 0.05) is 12.6 Å². The fourth-order valence-corrected chi connectivity index (χ4v) is 4.39. The molecule has 1 heterocycles. The second kappa shape index (κ2) is 7.58. The van der Waals surface area contributed by atoms with Crippen LogP contribution in [0.25, 0.3) is 0 Å². The molecule has 0 radical (unpaired) electrons. The molecule has 1 N–H and O–H groups in total. The van der Waals surface area contributed by atoms with Crippen molar-refractivity contribution in [2.24, 2.45) is 5.92 Å². The van der Waals surface area contributed by atoms with E-state index in [1.807, 2.05) is 0 Å². The number of benzene rings is 1. The van der Waals surface area contributed by atoms with Crippen molar-refractivity contribution in [3.05, 3.63) is 30.1 Å². The van der Waals surface area contributed by atoms with Crippen molar-refractivity contribution in [1.29, 1.82) is 0 Å². The van der Waals surface area contributed by atoms with Gasteiger partial charge in [-0.05, 0) is 37.3 Å². The quantitative estimate of drug-likeness (QED) is 0.770. The van der Waals surface area contributed by atoms with E-state index in [-0.39, 0.29) is 29.9 Å². The van der Waals surface area contributed by atoms with E-state index in [1.165, 1.54) is 18.2 Å². The molecule has 0 aromatic heterocycles. The van der Waals surface area contributed by atoms with E-state index >= 15 is 0 Å². The molecule has 0 spiro atoms. The standard InChI is InChI=1S/C15H20FNO4S/c16-13-4-1-5-14(9-13)21-10-15(18)17-7-2-3-12-6-8-22(19,20)11-12/h1,4-5,9,12H,2-3,6-8,10-11H2,(H,17,18). The molecule has 1 amide bonds. The lowest BCUT2D eigenvalue weighted by atomic mass is 10.0. The van der Waals surface area contributed by atoms with Crippen LogP contribution in [0.2, 0.25) is 0 Å². The normalized spacial score (nSPS) is 19.8. The van der Waals surface area contributed by atoms with Gasteiger partial charge < -0.3 is 10.1 Å². The second-order valence-corrected chi connectivity index (χ2v) is 7.74. The van der Waals surface area contributed by atoms with Gasteiger partial charge >= 0.3 is 0 Å². The maximum Gasteiger partial charge on any atom is 0.257 e. The average Bonchev–Trinajstić information content (AvgIpc) is 2.81. The highest BCUT2D eigenvalue weighted by Gasteiger charge is 2.27. The van der Waals surface area contributed by atoms with Crippen LogP contribution in [0.4, 0.5) is 4.39 Å². The lowest BCUT2D eigenvalue weighted by Crippen LogP contribution is -2.30. The molecule has 1 aliphatic rings. The van der Waals surface area contributed by atoms with Crippen molar-refractivity contribution in [2.75, 3.05) is 24.7 Å². The van der Waals surface area contributed by atoms with Gasteiger partial charge in [0.2, 0.25) is 0 Å². The number of halogens is 1. The van der Waals surface area contributed by atoms with Crippen LogP contribution in [0.15, 0.2) is 24.3 Å². The van der Waals surface area contributed by atoms with Crippen LogP contribution in [0, 0.1) is 11.7 Å². The predicted octanol–water partition coefficient (Wildman–Crippen LogP) is 1.54. The van der Waals surface area contributed by atoms with Gasteiger partial charge in [0.05, 0.1) is 11.5 Å². The lowest BCUT2D eigenvalue weighted by Gasteiger charge is -2.09. The minimum atomic E-state index is -2.83. The Hall–Kier alpha value is -1.63. The Balaban J connectivity index is 1.58. The van der Waals surface area contributed by atoms with Crippen LogP contribution < -0.4 is 10.1 Å². The Bertz CT molecular complexity index is 618. The van der Waals surface area contributed by atoms with E-state index < -0.39 is 15.7 Å². The molecular formula is C15H20FNO4S. The van der Waals surface area contributed by atoms with Gasteiger partial charge in [-0.1, -0.05) is 6.07 Å². The molecule has 1 aromatic carbocycles. The van der Waals surface area contributed by atoms with Crippen molar-refractivity contribution >= 4 is 15.7 Å². The monoisotopic (exact) mass is 329 g/mol. The highest BCUT2D eigenvalue weighted by atomic mass is 32.2. The molecule has 1 atom stereocenters. The third kappa shape index (κ3) is 5.63. The smallest absolute Gasteiger partial charge is 0.257 e. The summed E-state index contributed by atoms with van der Waals surface area (Å²) in [6.45, 7) is 0.323. The van der Waals surface area contributed by atoms with Crippen molar-refractivity contribution in [3.8, 4) is 5.75 Å². The summed E-state index contributed by atoms with van der Waals surface area (Å²) in [5, 5.41) is 2.71. The molecule has 0 bridgehead atoms. The molecule has 1 saturated heterocycles. The summed E-state index contributed by atoms with van der Waals surface area (Å²) < 4.78 is 40.7. The van der Waals surface area contributed by atoms with Crippen molar-refractivity contribution < 1.29 is 22.3 Å². The van der Waals surface area contributed by atoms with E-state index in [0.29, 0.717) is 12.3 Å². The molecule has 1 unspecified atom stereocenters. The molecular weight excluding hydrogens is 309 g/mol. The summed E-state index contributed by atoms with van der Waals surface area (Å²) in [7, 11) is -2.83. The fraction of sp³-hybridized carbons (Fsp3) is 0.533. The molecule has 1 fully saturated rings. The van der Waals surface area contributed by atoms with Crippen LogP contribution in [-0.2, 0) is 14.6 Å². The second-order valence-electron chi connectivity index (χ2n) is 5.51. The van der Waals surface area contributed by atoms with Crippen molar-refractivity contribution in [3.63, 3.8) is 0 Å². The van der Waals surface area contributed by atoms with Crippen molar-refractivity contribution in [1.82, 2.24) is 5.32 Å². The van der Waals surface area contributed by atoms with E-state index in [1.54, 1.807) is 6.07 Å². The Morgan fingerprint density at radius 1 is 1.41 bits per heavy atom. The van der Waals surface area contributed by atoms with Gasteiger partial charge in [0.1, 0.15) is 11.6 Å². The highest BCUT2D eigenvalue weighted by molar-refractivity contribution is 7.91. The highest BCUT2D eigenvalue weighted by Crippen LogP contribution is 2.22. The van der Waals surface area contributed by atoms with Gasteiger partial charge in [-0.3, -0.25) is 4.79 Å². The first-order valence-electron chi connectivity index (χ1n) is 7.30. The van der Waals surface area contributed by atoms with Crippen LogP contribution in [0.5, 0.6) is 5.75 Å². The third-order valence-electron chi connectivity index (χ3n) is 3.60. The predicted molar refractivity (Wildman–Crippen MR) is 80.9 cm³/mol. The Morgan fingerprint density at radius 3 is 2.91 bits per heavy atom. The number of hydrogen-bond acceptors (Lipinski definition) is 4. The molecule has 1 aromatic rings. The summed E-state index contributed by atoms with van der Waals surface area (Å²) >= 11 is 0. The Labute approximate surface area is 129 Å². The van der Waals surface area contributed by atoms with E-state index in [4.69, 9.17) is 4.74 Å². The molecule has 1 aliphatic heterocycles. The van der Waals surface area contributed by atoms with Crippen LogP contribution >= 0.6 is 0 Å². The molecule has 0 aliphatic carbocycles. The number of carbonyl (C=O) groups is 1. The molecule has 0 saturated carbocycles. The molecule has 2 rings (SSSR count). The maximum absolute atomic E-state index is 12.9. The molecule has 122 valence electrons. The van der Waals surface area contributed by atoms with E-state index in [0.717, 1.165) is 19.3 Å². The zero-order valence-electron chi connectivity index (χ0n) is 12.3. The van der Waals surface area contributed by atoms with Gasteiger partial charge in [0.15, 0.2) is 16.4 Å². The molecule has 22 heavy (non-hydrogen) atoms. The minimum Gasteiger partial charge on any atom is -0.484 e. The number of ether oxygens (including phenoxy) is 1. The number of hydrogen-bond donors (Lipinski definition) is 1. The Kier molecular flexibility index (Phi) is 5.76. The largest absolute Gasteiger partial charge is 0.484 e. The summed E-state index contributed by atoms with van der Waals surface area (Å²) in [6, 6.07) is 5.61. The zero-order valence-corrected chi connectivity index (χ0v) is 13.1. The SMILES string of the molecule is O=C(COc1cccc(F)c1)NCCCC1CCS(=O)(=O)C1. The summed E-state index contributed by atoms with van der Waals surface area (Å²) in [4.78, 5) is 11.6. The number of nitrogens with one attached hydrogen (secondary N) is 1. The summed E-state index contributed by atoms with van der Waals surface area (Å²) in [6.07, 6.45) is 2.26. The summed E-state index contributed by atoms with van der Waals surface area (Å²) in [5.41, 5.74) is 0. The Morgan fingerprint density at radius 2 is 2.23 bits per heavy atom. The van der Waals surface area contributed by atoms with Gasteiger partial charge in [-0.2, -0.15) is 0 Å². The van der Waals surface area contributed by atoms with E-state index in [2.05, 4.69) is 5.32 Å². The van der Waals surface area contributed by atoms with Gasteiger partial charge in [-0.25, -0.2) is 12.8 Å². The fourth-order valence-electron chi connectivity index (χ4n) is 2.47. The third-order valence-corrected chi connectivity index (χ3v) is 5.44. The molecule has 5 nitrogen and oxygen atoms in total. The van der Waals surface area contributed by atoms with Crippen LogP contribution in [0.3, 0.4) is 0 Å².